The summed E-state index contributed by atoms with van der Waals surface area (Å²) in [6.45, 7) is 2.94. The van der Waals surface area contributed by atoms with Crippen molar-refractivity contribution in [1.82, 2.24) is 19.6 Å². The molecular weight excluding hydrogens is 376 g/mol. The summed E-state index contributed by atoms with van der Waals surface area (Å²) in [5.74, 6) is 1.20. The molecule has 2 aromatic rings. The number of thiazole rings is 1. The first-order chi connectivity index (χ1) is 13.7. The number of imidazole rings is 1. The van der Waals surface area contributed by atoms with Crippen LogP contribution in [-0.2, 0) is 20.7 Å². The molecule has 2 amide bonds. The summed E-state index contributed by atoms with van der Waals surface area (Å²) in [6.07, 6.45) is 8.06. The van der Waals surface area contributed by atoms with Crippen molar-refractivity contribution < 1.29 is 14.3 Å². The van der Waals surface area contributed by atoms with Gasteiger partial charge in [-0.05, 0) is 37.5 Å². The third-order valence-electron chi connectivity index (χ3n) is 6.53. The fourth-order valence-corrected chi connectivity index (χ4v) is 5.82. The molecule has 0 aromatic carbocycles. The number of hydrogen-bond donors (Lipinski definition) is 1. The maximum absolute atomic E-state index is 12.9. The lowest BCUT2D eigenvalue weighted by atomic mass is 9.90. The normalized spacial score (nSPS) is 28.0. The van der Waals surface area contributed by atoms with Crippen LogP contribution in [0.25, 0.3) is 4.96 Å². The lowest BCUT2D eigenvalue weighted by molar-refractivity contribution is -0.141. The molecular formula is C20H26N4O3S. The van der Waals surface area contributed by atoms with Crippen molar-refractivity contribution >= 4 is 28.1 Å². The van der Waals surface area contributed by atoms with Gasteiger partial charge in [0, 0.05) is 56.0 Å². The summed E-state index contributed by atoms with van der Waals surface area (Å²) >= 11 is 1.57. The van der Waals surface area contributed by atoms with Gasteiger partial charge in [-0.25, -0.2) is 4.98 Å². The number of aromatic nitrogens is 2. The molecule has 1 unspecified atom stereocenters. The molecule has 5 rings (SSSR count). The number of rotatable bonds is 4. The highest BCUT2D eigenvalue weighted by molar-refractivity contribution is 7.15. The number of hydrogen-bond acceptors (Lipinski definition) is 5. The number of nitrogens with one attached hydrogen (secondary N) is 1. The SMILES string of the molecule is O=C(Cc1cn2ccsc2n1)NC1[C@@H]2CC[C@H]1CN(C(=O)C1CCOCC1)C2. The van der Waals surface area contributed by atoms with Crippen LogP contribution in [0.2, 0.25) is 0 Å². The molecule has 3 fully saturated rings. The van der Waals surface area contributed by atoms with E-state index in [0.717, 1.165) is 49.4 Å². The van der Waals surface area contributed by atoms with E-state index < -0.39 is 0 Å². The van der Waals surface area contributed by atoms with E-state index in [4.69, 9.17) is 4.74 Å². The maximum atomic E-state index is 12.9. The van der Waals surface area contributed by atoms with Gasteiger partial charge in [0.1, 0.15) is 0 Å². The van der Waals surface area contributed by atoms with Crippen LogP contribution in [0, 0.1) is 17.8 Å². The Morgan fingerprint density at radius 2 is 1.93 bits per heavy atom. The summed E-state index contributed by atoms with van der Waals surface area (Å²) in [5, 5.41) is 5.25. The third kappa shape index (κ3) is 3.43. The summed E-state index contributed by atoms with van der Waals surface area (Å²) in [6, 6.07) is 0.190. The second-order valence-electron chi connectivity index (χ2n) is 8.32. The predicted octanol–water partition coefficient (Wildman–Crippen LogP) is 1.72. The minimum absolute atomic E-state index is 0.0388. The molecule has 150 valence electrons. The summed E-state index contributed by atoms with van der Waals surface area (Å²) in [5.41, 5.74) is 0.809. The van der Waals surface area contributed by atoms with Crippen LogP contribution in [0.5, 0.6) is 0 Å². The standard InChI is InChI=1S/C20H26N4O3S/c25-17(9-16-12-23-5-8-28-20(23)21-16)22-18-14-1-2-15(18)11-24(10-14)19(26)13-3-6-27-7-4-13/h5,8,12-15,18H,1-4,6-7,9-11H2,(H,22,25)/t14-,15+,18?. The zero-order valence-electron chi connectivity index (χ0n) is 15.9. The smallest absolute Gasteiger partial charge is 0.226 e. The first-order valence-corrected chi connectivity index (χ1v) is 11.1. The number of ether oxygens (including phenoxy) is 1. The zero-order chi connectivity index (χ0) is 19.1. The maximum Gasteiger partial charge on any atom is 0.226 e. The molecule has 3 aliphatic rings. The van der Waals surface area contributed by atoms with Crippen molar-refractivity contribution in [3.8, 4) is 0 Å². The van der Waals surface area contributed by atoms with Crippen molar-refractivity contribution in [2.24, 2.45) is 17.8 Å². The quantitative estimate of drug-likeness (QED) is 0.845. The van der Waals surface area contributed by atoms with Crippen LogP contribution >= 0.6 is 11.3 Å². The van der Waals surface area contributed by atoms with Crippen molar-refractivity contribution in [3.63, 3.8) is 0 Å². The van der Waals surface area contributed by atoms with Crippen molar-refractivity contribution in [2.75, 3.05) is 26.3 Å². The average molecular weight is 403 g/mol. The largest absolute Gasteiger partial charge is 0.381 e. The summed E-state index contributed by atoms with van der Waals surface area (Å²) < 4.78 is 7.35. The van der Waals surface area contributed by atoms with E-state index in [2.05, 4.69) is 15.2 Å². The first kappa shape index (κ1) is 18.1. The number of nitrogens with zero attached hydrogens (tertiary/aromatic N) is 3. The fourth-order valence-electron chi connectivity index (χ4n) is 5.10. The van der Waals surface area contributed by atoms with Gasteiger partial charge in [-0.2, -0.15) is 0 Å². The second kappa shape index (κ2) is 7.48. The zero-order valence-corrected chi connectivity index (χ0v) is 16.7. The van der Waals surface area contributed by atoms with Gasteiger partial charge in [0.05, 0.1) is 12.1 Å². The Bertz CT molecular complexity index is 829. The van der Waals surface area contributed by atoms with Gasteiger partial charge in [-0.1, -0.05) is 0 Å². The van der Waals surface area contributed by atoms with Crippen LogP contribution in [0.3, 0.4) is 0 Å². The lowest BCUT2D eigenvalue weighted by Gasteiger charge is -2.40. The number of likely N-dealkylation sites (tertiary alicyclic amines) is 1. The Labute approximate surface area is 168 Å². The Morgan fingerprint density at radius 3 is 2.64 bits per heavy atom. The van der Waals surface area contributed by atoms with Crippen LogP contribution in [0.15, 0.2) is 17.8 Å². The Balaban J connectivity index is 1.18. The van der Waals surface area contributed by atoms with Gasteiger partial charge in [0.25, 0.3) is 0 Å². The van der Waals surface area contributed by atoms with E-state index in [-0.39, 0.29) is 17.9 Å². The molecule has 2 aromatic heterocycles. The molecule has 3 atom stereocenters. The van der Waals surface area contributed by atoms with Crippen molar-refractivity contribution in [2.45, 2.75) is 38.1 Å². The van der Waals surface area contributed by atoms with Crippen molar-refractivity contribution in [1.29, 1.82) is 0 Å². The lowest BCUT2D eigenvalue weighted by Crippen LogP contribution is -2.55. The van der Waals surface area contributed by atoms with E-state index in [0.29, 0.717) is 37.4 Å². The number of carbonyl (C=O) groups excluding carboxylic acids is 2. The van der Waals surface area contributed by atoms with Gasteiger partial charge in [-0.15, -0.1) is 11.3 Å². The Morgan fingerprint density at radius 1 is 1.18 bits per heavy atom. The number of amides is 2. The average Bonchev–Trinajstić information content (AvgIpc) is 3.34. The molecule has 2 bridgehead atoms. The minimum Gasteiger partial charge on any atom is -0.381 e. The molecule has 28 heavy (non-hydrogen) atoms. The van der Waals surface area contributed by atoms with Gasteiger partial charge >= 0.3 is 0 Å². The van der Waals surface area contributed by atoms with Gasteiger partial charge in [0.2, 0.25) is 11.8 Å². The molecule has 4 heterocycles. The van der Waals surface area contributed by atoms with E-state index in [1.165, 1.54) is 0 Å². The van der Waals surface area contributed by atoms with E-state index >= 15 is 0 Å². The molecule has 1 saturated carbocycles. The van der Waals surface area contributed by atoms with E-state index in [1.807, 2.05) is 22.2 Å². The molecule has 8 heteroatoms. The molecule has 0 radical (unpaired) electrons. The Kier molecular flexibility index (Phi) is 4.84. The van der Waals surface area contributed by atoms with Crippen LogP contribution in [0.4, 0.5) is 0 Å². The summed E-state index contributed by atoms with van der Waals surface area (Å²) in [7, 11) is 0. The van der Waals surface area contributed by atoms with Crippen LogP contribution in [0.1, 0.15) is 31.4 Å². The monoisotopic (exact) mass is 402 g/mol. The number of piperidine rings is 1. The number of fused-ring (bicyclic) bond motifs is 3. The van der Waals surface area contributed by atoms with Crippen LogP contribution in [-0.4, -0.2) is 58.4 Å². The minimum atomic E-state index is 0.0388. The first-order valence-electron chi connectivity index (χ1n) is 10.2. The predicted molar refractivity (Wildman–Crippen MR) is 105 cm³/mol. The molecule has 1 aliphatic carbocycles. The topological polar surface area (TPSA) is 75.9 Å². The molecule has 7 nitrogen and oxygen atoms in total. The van der Waals surface area contributed by atoms with Crippen LogP contribution < -0.4 is 5.32 Å². The highest BCUT2D eigenvalue weighted by Gasteiger charge is 2.44. The van der Waals surface area contributed by atoms with Gasteiger partial charge in [0.15, 0.2) is 4.96 Å². The summed E-state index contributed by atoms with van der Waals surface area (Å²) in [4.78, 5) is 33.0. The molecule has 2 saturated heterocycles. The highest BCUT2D eigenvalue weighted by Crippen LogP contribution is 2.38. The molecule has 0 spiro atoms. The van der Waals surface area contributed by atoms with Gasteiger partial charge in [-0.3, -0.25) is 14.0 Å². The second-order valence-corrected chi connectivity index (χ2v) is 9.20. The molecule has 2 aliphatic heterocycles. The van der Waals surface area contributed by atoms with Crippen molar-refractivity contribution in [3.05, 3.63) is 23.5 Å². The third-order valence-corrected chi connectivity index (χ3v) is 7.30. The Hall–Kier alpha value is -1.93. The highest BCUT2D eigenvalue weighted by atomic mass is 32.1. The van der Waals surface area contributed by atoms with Gasteiger partial charge < -0.3 is 15.0 Å². The number of carbonyl (C=O) groups is 2. The van der Waals surface area contributed by atoms with E-state index in [9.17, 15) is 9.59 Å². The fraction of sp³-hybridized carbons (Fsp3) is 0.650. The van der Waals surface area contributed by atoms with E-state index in [1.54, 1.807) is 11.3 Å². The molecule has 1 N–H and O–H groups in total.